The third-order valence-corrected chi connectivity index (χ3v) is 9.12. The first-order chi connectivity index (χ1) is 17.1. The lowest BCUT2D eigenvalue weighted by Gasteiger charge is -2.30. The Bertz CT molecular complexity index is 1180. The maximum absolute atomic E-state index is 13.5. The quantitative estimate of drug-likeness (QED) is 0.421. The van der Waals surface area contributed by atoms with Gasteiger partial charge in [0.2, 0.25) is 0 Å². The number of allylic oxidation sites excluding steroid dienone is 3. The molecular weight excluding hydrogens is 452 g/mol. The Morgan fingerprint density at radius 2 is 1.46 bits per heavy atom. The standard InChI is InChI=1S/C30H36N2O2S/c33-35(34)29(24-12-7-3-8-13-24)17-11-16-28(31-35)30(25-14-5-1-2-6-15-25)26-18-20-27(21-19-26)32-22-9-4-10-23-32/h3,7-8,11-13,16-21,25,30H,1-2,4-6,9-10,14-15,22-23H2. The largest absolute Gasteiger partial charge is 0.372 e. The van der Waals surface area contributed by atoms with Crippen LogP contribution in [0.25, 0.3) is 4.91 Å². The van der Waals surface area contributed by atoms with Gasteiger partial charge in [0.15, 0.2) is 0 Å². The van der Waals surface area contributed by atoms with Gasteiger partial charge in [0.05, 0.1) is 10.6 Å². The second-order valence-corrected chi connectivity index (χ2v) is 11.7. The molecule has 1 atom stereocenters. The first-order valence-corrected chi connectivity index (χ1v) is 14.7. The molecule has 2 fully saturated rings. The Morgan fingerprint density at radius 3 is 2.14 bits per heavy atom. The third-order valence-electron chi connectivity index (χ3n) is 7.74. The number of nitrogens with zero attached hydrogens (tertiary/aromatic N) is 2. The van der Waals surface area contributed by atoms with E-state index in [0.29, 0.717) is 17.2 Å². The fourth-order valence-corrected chi connectivity index (χ4v) is 7.15. The van der Waals surface area contributed by atoms with Crippen molar-refractivity contribution in [3.63, 3.8) is 0 Å². The average molecular weight is 489 g/mol. The molecular formula is C30H36N2O2S. The number of benzene rings is 2. The zero-order valence-electron chi connectivity index (χ0n) is 20.5. The van der Waals surface area contributed by atoms with E-state index in [9.17, 15) is 8.42 Å². The van der Waals surface area contributed by atoms with Crippen molar-refractivity contribution in [3.8, 4) is 0 Å². The molecule has 0 spiro atoms. The second kappa shape index (κ2) is 10.9. The Labute approximate surface area is 210 Å². The van der Waals surface area contributed by atoms with E-state index in [1.807, 2.05) is 42.5 Å². The van der Waals surface area contributed by atoms with Crippen molar-refractivity contribution in [1.82, 2.24) is 0 Å². The summed E-state index contributed by atoms with van der Waals surface area (Å²) >= 11 is 0. The molecule has 3 aliphatic rings. The zero-order chi connectivity index (χ0) is 24.1. The van der Waals surface area contributed by atoms with Crippen LogP contribution in [0, 0.1) is 5.92 Å². The summed E-state index contributed by atoms with van der Waals surface area (Å²) in [6, 6.07) is 18.2. The summed E-state index contributed by atoms with van der Waals surface area (Å²) in [6.07, 6.45) is 16.5. The number of piperidine rings is 1. The SMILES string of the molecule is O=S1(=O)N=C(C(c2ccc(N3CCCCC3)cc2)C2CCCCCC2)C=CC=C1c1ccccc1. The smallest absolute Gasteiger partial charge is 0.283 e. The normalized spacial score (nSPS) is 22.0. The van der Waals surface area contributed by atoms with Gasteiger partial charge in [-0.05, 0) is 73.4 Å². The lowest BCUT2D eigenvalue weighted by Crippen LogP contribution is -2.29. The number of sulfonamides is 1. The monoisotopic (exact) mass is 488 g/mol. The van der Waals surface area contributed by atoms with Crippen molar-refractivity contribution < 1.29 is 8.42 Å². The van der Waals surface area contributed by atoms with Crippen LogP contribution in [0.1, 0.15) is 74.8 Å². The Kier molecular flexibility index (Phi) is 7.52. The van der Waals surface area contributed by atoms with Gasteiger partial charge in [-0.15, -0.1) is 0 Å². The topological polar surface area (TPSA) is 49.7 Å². The minimum atomic E-state index is -3.81. The maximum Gasteiger partial charge on any atom is 0.283 e. The Balaban J connectivity index is 1.50. The van der Waals surface area contributed by atoms with E-state index in [1.165, 1.54) is 56.2 Å². The minimum Gasteiger partial charge on any atom is -0.372 e. The first-order valence-electron chi connectivity index (χ1n) is 13.3. The molecule has 0 N–H and O–H groups in total. The number of anilines is 1. The summed E-state index contributed by atoms with van der Waals surface area (Å²) < 4.78 is 31.4. The van der Waals surface area contributed by atoms with Gasteiger partial charge in [-0.25, -0.2) is 0 Å². The molecule has 2 aliphatic heterocycles. The molecule has 5 rings (SSSR count). The highest BCUT2D eigenvalue weighted by Gasteiger charge is 2.31. The molecule has 0 amide bonds. The van der Waals surface area contributed by atoms with Gasteiger partial charge in [0.1, 0.15) is 0 Å². The van der Waals surface area contributed by atoms with Gasteiger partial charge >= 0.3 is 0 Å². The van der Waals surface area contributed by atoms with Crippen molar-refractivity contribution in [2.75, 3.05) is 18.0 Å². The van der Waals surface area contributed by atoms with Gasteiger partial charge in [-0.2, -0.15) is 12.8 Å². The predicted molar refractivity (Wildman–Crippen MR) is 146 cm³/mol. The summed E-state index contributed by atoms with van der Waals surface area (Å²) in [5.41, 5.74) is 3.80. The van der Waals surface area contributed by atoms with E-state index in [4.69, 9.17) is 0 Å². The number of hydrogen-bond acceptors (Lipinski definition) is 3. The summed E-state index contributed by atoms with van der Waals surface area (Å²) in [6.45, 7) is 2.24. The molecule has 2 heterocycles. The van der Waals surface area contributed by atoms with Crippen molar-refractivity contribution >= 4 is 26.3 Å². The molecule has 5 heteroatoms. The van der Waals surface area contributed by atoms with Crippen LogP contribution >= 0.6 is 0 Å². The van der Waals surface area contributed by atoms with Crippen molar-refractivity contribution in [3.05, 3.63) is 84.0 Å². The molecule has 1 saturated carbocycles. The van der Waals surface area contributed by atoms with Crippen LogP contribution in [-0.4, -0.2) is 27.2 Å². The van der Waals surface area contributed by atoms with Crippen LogP contribution in [-0.2, 0) is 10.0 Å². The average Bonchev–Trinajstić information content (AvgIpc) is 3.25. The molecule has 1 aliphatic carbocycles. The number of rotatable bonds is 5. The Morgan fingerprint density at radius 1 is 0.800 bits per heavy atom. The molecule has 2 aromatic rings. The molecule has 0 radical (unpaired) electrons. The predicted octanol–water partition coefficient (Wildman–Crippen LogP) is 7.11. The van der Waals surface area contributed by atoms with Crippen LogP contribution in [0.2, 0.25) is 0 Å². The van der Waals surface area contributed by atoms with E-state index < -0.39 is 10.0 Å². The van der Waals surface area contributed by atoms with Gasteiger partial charge in [-0.1, -0.05) is 74.2 Å². The van der Waals surface area contributed by atoms with E-state index in [-0.39, 0.29) is 10.8 Å². The molecule has 35 heavy (non-hydrogen) atoms. The van der Waals surface area contributed by atoms with Gasteiger partial charge in [-0.3, -0.25) is 0 Å². The fourth-order valence-electron chi connectivity index (χ4n) is 5.92. The molecule has 184 valence electrons. The third kappa shape index (κ3) is 5.61. The van der Waals surface area contributed by atoms with E-state index >= 15 is 0 Å². The van der Waals surface area contributed by atoms with Crippen molar-refractivity contribution in [1.29, 1.82) is 0 Å². The zero-order valence-corrected chi connectivity index (χ0v) is 21.3. The lowest BCUT2D eigenvalue weighted by molar-refractivity contribution is 0.434. The minimum absolute atomic E-state index is 0.0157. The Hall–Kier alpha value is -2.66. The first kappa shape index (κ1) is 24.1. The van der Waals surface area contributed by atoms with Crippen molar-refractivity contribution in [2.24, 2.45) is 10.3 Å². The van der Waals surface area contributed by atoms with Gasteiger partial charge in [0, 0.05) is 24.7 Å². The number of hydrogen-bond donors (Lipinski definition) is 0. The van der Waals surface area contributed by atoms with Crippen LogP contribution < -0.4 is 4.90 Å². The van der Waals surface area contributed by atoms with E-state index in [0.717, 1.165) is 25.9 Å². The van der Waals surface area contributed by atoms with Crippen LogP contribution in [0.4, 0.5) is 5.69 Å². The van der Waals surface area contributed by atoms with Gasteiger partial charge < -0.3 is 4.90 Å². The molecule has 4 nitrogen and oxygen atoms in total. The maximum atomic E-state index is 13.5. The summed E-state index contributed by atoms with van der Waals surface area (Å²) in [4.78, 5) is 2.74. The van der Waals surface area contributed by atoms with Crippen molar-refractivity contribution in [2.45, 2.75) is 63.7 Å². The molecule has 0 bridgehead atoms. The summed E-state index contributed by atoms with van der Waals surface area (Å²) in [5.74, 6) is 0.383. The molecule has 0 aromatic heterocycles. The fraction of sp³-hybridized carbons (Fsp3) is 0.433. The summed E-state index contributed by atoms with van der Waals surface area (Å²) in [5, 5.41) is 0. The summed E-state index contributed by atoms with van der Waals surface area (Å²) in [7, 11) is -3.81. The van der Waals surface area contributed by atoms with E-state index in [1.54, 1.807) is 6.08 Å². The second-order valence-electron chi connectivity index (χ2n) is 10.1. The lowest BCUT2D eigenvalue weighted by atomic mass is 9.78. The van der Waals surface area contributed by atoms with Crippen LogP contribution in [0.15, 0.2) is 77.2 Å². The molecule has 2 aromatic carbocycles. The molecule has 1 unspecified atom stereocenters. The van der Waals surface area contributed by atoms with Crippen LogP contribution in [0.3, 0.4) is 0 Å². The van der Waals surface area contributed by atoms with E-state index in [2.05, 4.69) is 33.6 Å². The highest BCUT2D eigenvalue weighted by atomic mass is 32.2. The van der Waals surface area contributed by atoms with Gasteiger partial charge in [0.25, 0.3) is 10.0 Å². The molecule has 1 saturated heterocycles. The van der Waals surface area contributed by atoms with Crippen LogP contribution in [0.5, 0.6) is 0 Å². The highest BCUT2D eigenvalue weighted by molar-refractivity contribution is 7.99. The highest BCUT2D eigenvalue weighted by Crippen LogP contribution is 2.39.